The maximum atomic E-state index is 11.8. The van der Waals surface area contributed by atoms with Gasteiger partial charge < -0.3 is 14.8 Å². The molecule has 0 fully saturated rings. The van der Waals surface area contributed by atoms with E-state index < -0.39 is 19.1 Å². The average Bonchev–Trinajstić information content (AvgIpc) is 2.22. The minimum Gasteiger partial charge on any atom is -0.465 e. The smallest absolute Gasteiger partial charge is 0.323 e. The summed E-state index contributed by atoms with van der Waals surface area (Å²) in [5, 5.41) is 2.91. The molecule has 0 aliphatic rings. The van der Waals surface area contributed by atoms with Gasteiger partial charge in [0.2, 0.25) is 0 Å². The number of carbonyl (C=O) groups is 1. The van der Waals surface area contributed by atoms with E-state index in [1.807, 2.05) is 6.92 Å². The van der Waals surface area contributed by atoms with Crippen LogP contribution in [0.15, 0.2) is 0 Å². The van der Waals surface area contributed by atoms with Crippen LogP contribution in [0.1, 0.15) is 20.3 Å². The predicted molar refractivity (Wildman–Crippen MR) is 55.5 cm³/mol. The highest BCUT2D eigenvalue weighted by atomic mass is 19.3. The molecule has 16 heavy (non-hydrogen) atoms. The molecule has 1 N–H and O–H groups in total. The first-order valence-electron chi connectivity index (χ1n) is 5.37. The van der Waals surface area contributed by atoms with Crippen LogP contribution in [-0.2, 0) is 14.3 Å². The summed E-state index contributed by atoms with van der Waals surface area (Å²) in [4.78, 5) is 11.4. The summed E-state index contributed by atoms with van der Waals surface area (Å²) < 4.78 is 33.0. The SMILES string of the molecule is CCNC(CCOCC(F)F)C(=O)OCC. The van der Waals surface area contributed by atoms with E-state index in [1.165, 1.54) is 0 Å². The zero-order valence-electron chi connectivity index (χ0n) is 9.67. The van der Waals surface area contributed by atoms with Crippen molar-refractivity contribution in [3.05, 3.63) is 0 Å². The number of carbonyl (C=O) groups excluding carboxylic acids is 1. The number of likely N-dealkylation sites (N-methyl/N-ethyl adjacent to an activating group) is 1. The first-order chi connectivity index (χ1) is 7.61. The number of rotatable bonds is 9. The van der Waals surface area contributed by atoms with Gasteiger partial charge in [0, 0.05) is 6.61 Å². The minimum atomic E-state index is -2.47. The van der Waals surface area contributed by atoms with E-state index in [9.17, 15) is 13.6 Å². The Morgan fingerprint density at radius 3 is 2.56 bits per heavy atom. The Bertz CT molecular complexity index is 191. The molecule has 0 aliphatic heterocycles. The molecule has 1 unspecified atom stereocenters. The number of esters is 1. The first-order valence-corrected chi connectivity index (χ1v) is 5.37. The number of halogens is 2. The van der Waals surface area contributed by atoms with Crippen LogP contribution in [0.4, 0.5) is 8.78 Å². The second kappa shape index (κ2) is 9.47. The Morgan fingerprint density at radius 2 is 2.06 bits per heavy atom. The third-order valence-corrected chi connectivity index (χ3v) is 1.82. The normalized spacial score (nSPS) is 12.8. The van der Waals surface area contributed by atoms with Crippen LogP contribution in [0.3, 0.4) is 0 Å². The highest BCUT2D eigenvalue weighted by Crippen LogP contribution is 1.99. The van der Waals surface area contributed by atoms with Crippen molar-refractivity contribution in [1.82, 2.24) is 5.32 Å². The Morgan fingerprint density at radius 1 is 1.38 bits per heavy atom. The largest absolute Gasteiger partial charge is 0.465 e. The van der Waals surface area contributed by atoms with E-state index in [2.05, 4.69) is 5.32 Å². The maximum absolute atomic E-state index is 11.8. The second-order valence-electron chi connectivity index (χ2n) is 3.12. The van der Waals surface area contributed by atoms with Crippen molar-refractivity contribution in [3.63, 3.8) is 0 Å². The number of hydrogen-bond acceptors (Lipinski definition) is 4. The van der Waals surface area contributed by atoms with Crippen LogP contribution in [0.2, 0.25) is 0 Å². The van der Waals surface area contributed by atoms with Crippen molar-refractivity contribution in [2.75, 3.05) is 26.4 Å². The fourth-order valence-corrected chi connectivity index (χ4v) is 1.17. The van der Waals surface area contributed by atoms with Gasteiger partial charge in [-0.15, -0.1) is 0 Å². The van der Waals surface area contributed by atoms with Crippen molar-refractivity contribution in [1.29, 1.82) is 0 Å². The highest BCUT2D eigenvalue weighted by molar-refractivity contribution is 5.75. The van der Waals surface area contributed by atoms with Gasteiger partial charge in [0.25, 0.3) is 6.43 Å². The zero-order chi connectivity index (χ0) is 12.4. The van der Waals surface area contributed by atoms with Gasteiger partial charge in [0.1, 0.15) is 12.6 Å². The summed E-state index contributed by atoms with van der Waals surface area (Å²) in [5.74, 6) is -0.370. The second-order valence-corrected chi connectivity index (χ2v) is 3.12. The van der Waals surface area contributed by atoms with Crippen molar-refractivity contribution in [2.24, 2.45) is 0 Å². The number of nitrogens with one attached hydrogen (secondary N) is 1. The van der Waals surface area contributed by atoms with E-state index in [0.717, 1.165) is 0 Å². The van der Waals surface area contributed by atoms with Gasteiger partial charge in [0.05, 0.1) is 6.61 Å². The highest BCUT2D eigenvalue weighted by Gasteiger charge is 2.18. The van der Waals surface area contributed by atoms with Crippen LogP contribution >= 0.6 is 0 Å². The molecule has 0 aliphatic carbocycles. The predicted octanol–water partition coefficient (Wildman–Crippen LogP) is 1.20. The maximum Gasteiger partial charge on any atom is 0.323 e. The van der Waals surface area contributed by atoms with Gasteiger partial charge in [-0.2, -0.15) is 0 Å². The molecular formula is C10H19F2NO3. The Hall–Kier alpha value is -0.750. The van der Waals surface area contributed by atoms with Crippen molar-refractivity contribution >= 4 is 5.97 Å². The lowest BCUT2D eigenvalue weighted by atomic mass is 10.2. The molecule has 96 valence electrons. The monoisotopic (exact) mass is 239 g/mol. The van der Waals surface area contributed by atoms with Crippen molar-refractivity contribution < 1.29 is 23.0 Å². The Balaban J connectivity index is 3.80. The molecular weight excluding hydrogens is 220 g/mol. The number of ether oxygens (including phenoxy) is 2. The quantitative estimate of drug-likeness (QED) is 0.485. The van der Waals surface area contributed by atoms with E-state index >= 15 is 0 Å². The zero-order valence-corrected chi connectivity index (χ0v) is 9.67. The third kappa shape index (κ3) is 7.53. The van der Waals surface area contributed by atoms with Crippen LogP contribution < -0.4 is 5.32 Å². The molecule has 1 atom stereocenters. The topological polar surface area (TPSA) is 47.6 Å². The lowest BCUT2D eigenvalue weighted by molar-refractivity contribution is -0.146. The molecule has 0 aromatic rings. The summed E-state index contributed by atoms with van der Waals surface area (Å²) in [6.45, 7) is 4.00. The molecule has 0 aromatic carbocycles. The molecule has 0 spiro atoms. The van der Waals surface area contributed by atoms with Crippen LogP contribution in [0, 0.1) is 0 Å². The summed E-state index contributed by atoms with van der Waals surface area (Å²) in [6.07, 6.45) is -2.14. The molecule has 0 radical (unpaired) electrons. The van der Waals surface area contributed by atoms with Crippen molar-refractivity contribution in [2.45, 2.75) is 32.7 Å². The van der Waals surface area contributed by atoms with E-state index in [4.69, 9.17) is 9.47 Å². The van der Waals surface area contributed by atoms with Crippen LogP contribution in [0.25, 0.3) is 0 Å². The summed E-state index contributed by atoms with van der Waals surface area (Å²) in [7, 11) is 0. The van der Waals surface area contributed by atoms with E-state index in [-0.39, 0.29) is 12.6 Å². The summed E-state index contributed by atoms with van der Waals surface area (Å²) in [6, 6.07) is -0.484. The number of alkyl halides is 2. The lowest BCUT2D eigenvalue weighted by Crippen LogP contribution is -2.39. The van der Waals surface area contributed by atoms with Gasteiger partial charge in [-0.05, 0) is 19.9 Å². The number of hydrogen-bond donors (Lipinski definition) is 1. The molecule has 0 saturated carbocycles. The molecule has 6 heteroatoms. The molecule has 4 nitrogen and oxygen atoms in total. The average molecular weight is 239 g/mol. The van der Waals surface area contributed by atoms with Gasteiger partial charge in [-0.3, -0.25) is 4.79 Å². The Kier molecular flexibility index (Phi) is 9.03. The standard InChI is InChI=1S/C10H19F2NO3/c1-3-13-8(10(14)16-4-2)5-6-15-7-9(11)12/h8-9,13H,3-7H2,1-2H3. The molecule has 0 aromatic heterocycles. The molecule has 0 heterocycles. The molecule has 0 amide bonds. The Labute approximate surface area is 94.3 Å². The molecule has 0 rings (SSSR count). The van der Waals surface area contributed by atoms with Gasteiger partial charge in [0.15, 0.2) is 0 Å². The lowest BCUT2D eigenvalue weighted by Gasteiger charge is -2.16. The fraction of sp³-hybridized carbons (Fsp3) is 0.900. The van der Waals surface area contributed by atoms with Gasteiger partial charge >= 0.3 is 5.97 Å². The van der Waals surface area contributed by atoms with Crippen LogP contribution in [-0.4, -0.2) is 44.8 Å². The summed E-state index contributed by atoms with van der Waals surface area (Å²) >= 11 is 0. The van der Waals surface area contributed by atoms with Gasteiger partial charge in [-0.1, -0.05) is 6.92 Å². The first kappa shape index (κ1) is 15.2. The van der Waals surface area contributed by atoms with Crippen LogP contribution in [0.5, 0.6) is 0 Å². The fourth-order valence-electron chi connectivity index (χ4n) is 1.17. The van der Waals surface area contributed by atoms with Crippen molar-refractivity contribution in [3.8, 4) is 0 Å². The third-order valence-electron chi connectivity index (χ3n) is 1.82. The van der Waals surface area contributed by atoms with Gasteiger partial charge in [-0.25, -0.2) is 8.78 Å². The summed E-state index contributed by atoms with van der Waals surface area (Å²) in [5.41, 5.74) is 0. The molecule has 0 saturated heterocycles. The van der Waals surface area contributed by atoms with E-state index in [1.54, 1.807) is 6.92 Å². The minimum absolute atomic E-state index is 0.112. The van der Waals surface area contributed by atoms with E-state index in [0.29, 0.717) is 19.6 Å². The molecule has 0 bridgehead atoms.